The van der Waals surface area contributed by atoms with E-state index in [2.05, 4.69) is 5.32 Å². The third-order valence-electron chi connectivity index (χ3n) is 3.32. The van der Waals surface area contributed by atoms with Gasteiger partial charge in [-0.15, -0.1) is 11.8 Å². The van der Waals surface area contributed by atoms with Gasteiger partial charge in [-0.2, -0.15) is 0 Å². The molecule has 138 valence electrons. The van der Waals surface area contributed by atoms with Gasteiger partial charge < -0.3 is 19.9 Å². The largest absolute Gasteiger partial charge is 0.481 e. The lowest BCUT2D eigenvalue weighted by Gasteiger charge is -2.16. The minimum absolute atomic E-state index is 0.0912. The van der Waals surface area contributed by atoms with Crippen LogP contribution in [0, 0.1) is 5.92 Å². The Balaban J connectivity index is 2.53. The number of alkyl carbamates (subject to hydrolysis) is 1. The Labute approximate surface area is 151 Å². The van der Waals surface area contributed by atoms with E-state index in [1.807, 2.05) is 30.5 Å². The first-order chi connectivity index (χ1) is 11.8. The van der Waals surface area contributed by atoms with Gasteiger partial charge in [-0.05, 0) is 30.4 Å². The molecule has 0 bridgehead atoms. The molecule has 0 heterocycles. The lowest BCUT2D eigenvalue weighted by molar-refractivity contribution is -0.164. The highest BCUT2D eigenvalue weighted by atomic mass is 32.2. The number of carboxylic acids is 1. The van der Waals surface area contributed by atoms with Crippen LogP contribution in [0.1, 0.15) is 25.8 Å². The van der Waals surface area contributed by atoms with Crippen LogP contribution in [-0.2, 0) is 25.5 Å². The molecule has 0 unspecified atom stereocenters. The molecule has 0 radical (unpaired) electrons. The first-order valence-electron chi connectivity index (χ1n) is 7.85. The highest BCUT2D eigenvalue weighted by Gasteiger charge is 2.20. The van der Waals surface area contributed by atoms with Gasteiger partial charge in [-0.3, -0.25) is 9.59 Å². The van der Waals surface area contributed by atoms with Gasteiger partial charge in [0, 0.05) is 24.8 Å². The summed E-state index contributed by atoms with van der Waals surface area (Å²) in [6, 6.07) is 7.58. The number of aliphatic carboxylic acids is 1. The van der Waals surface area contributed by atoms with Crippen LogP contribution in [0.25, 0.3) is 0 Å². The van der Waals surface area contributed by atoms with Crippen molar-refractivity contribution in [2.75, 3.05) is 12.8 Å². The van der Waals surface area contributed by atoms with Crippen LogP contribution >= 0.6 is 11.8 Å². The average molecular weight is 369 g/mol. The van der Waals surface area contributed by atoms with Crippen molar-refractivity contribution in [1.82, 2.24) is 5.32 Å². The quantitative estimate of drug-likeness (QED) is 0.392. The molecule has 0 saturated heterocycles. The molecule has 0 fully saturated rings. The molecule has 0 spiro atoms. The Bertz CT molecular complexity index is 607. The second kappa shape index (κ2) is 10.6. The lowest BCUT2D eigenvalue weighted by atomic mass is 9.99. The zero-order valence-electron chi connectivity index (χ0n) is 14.5. The SMILES string of the molecule is CCC(=O)O[C@@H](C)OC(=O)NC[C@H](Cc1cccc(SC)c1)C(=O)O. The van der Waals surface area contributed by atoms with E-state index in [1.54, 1.807) is 18.7 Å². The molecule has 0 saturated carbocycles. The lowest BCUT2D eigenvalue weighted by Crippen LogP contribution is -2.36. The van der Waals surface area contributed by atoms with E-state index in [9.17, 15) is 19.5 Å². The summed E-state index contributed by atoms with van der Waals surface area (Å²) in [5, 5.41) is 11.7. The molecule has 25 heavy (non-hydrogen) atoms. The van der Waals surface area contributed by atoms with Crippen LogP contribution in [0.15, 0.2) is 29.2 Å². The number of amides is 1. The van der Waals surface area contributed by atoms with Crippen molar-refractivity contribution in [3.8, 4) is 0 Å². The van der Waals surface area contributed by atoms with Crippen molar-refractivity contribution >= 4 is 29.8 Å². The fourth-order valence-corrected chi connectivity index (χ4v) is 2.51. The summed E-state index contributed by atoms with van der Waals surface area (Å²) in [6.45, 7) is 2.94. The van der Waals surface area contributed by atoms with Gasteiger partial charge in [0.15, 0.2) is 0 Å². The summed E-state index contributed by atoms with van der Waals surface area (Å²) in [7, 11) is 0. The highest BCUT2D eigenvalue weighted by molar-refractivity contribution is 7.98. The van der Waals surface area contributed by atoms with E-state index in [0.29, 0.717) is 0 Å². The van der Waals surface area contributed by atoms with Crippen LogP contribution < -0.4 is 5.32 Å². The summed E-state index contributed by atoms with van der Waals surface area (Å²) in [6.07, 6.45) is 0.530. The third-order valence-corrected chi connectivity index (χ3v) is 4.04. The van der Waals surface area contributed by atoms with Crippen molar-refractivity contribution in [2.24, 2.45) is 5.92 Å². The van der Waals surface area contributed by atoms with Crippen molar-refractivity contribution in [1.29, 1.82) is 0 Å². The maximum absolute atomic E-state index is 11.7. The van der Waals surface area contributed by atoms with Crippen LogP contribution in [0.2, 0.25) is 0 Å². The molecule has 2 atom stereocenters. The Kier molecular flexibility index (Phi) is 8.83. The molecular formula is C17H23NO6S. The number of esters is 1. The van der Waals surface area contributed by atoms with E-state index >= 15 is 0 Å². The van der Waals surface area contributed by atoms with Crippen LogP contribution in [0.4, 0.5) is 4.79 Å². The van der Waals surface area contributed by atoms with Crippen molar-refractivity contribution in [2.45, 2.75) is 37.9 Å². The van der Waals surface area contributed by atoms with E-state index in [1.165, 1.54) is 6.92 Å². The van der Waals surface area contributed by atoms with Gasteiger partial charge >= 0.3 is 18.0 Å². The zero-order chi connectivity index (χ0) is 18.8. The van der Waals surface area contributed by atoms with Gasteiger partial charge in [0.1, 0.15) is 0 Å². The highest BCUT2D eigenvalue weighted by Crippen LogP contribution is 2.18. The molecule has 1 aromatic rings. The monoisotopic (exact) mass is 369 g/mol. The number of thioether (sulfide) groups is 1. The normalized spacial score (nSPS) is 12.8. The Morgan fingerprint density at radius 2 is 2.00 bits per heavy atom. The van der Waals surface area contributed by atoms with Gasteiger partial charge in [0.25, 0.3) is 0 Å². The van der Waals surface area contributed by atoms with Crippen LogP contribution in [0.3, 0.4) is 0 Å². The van der Waals surface area contributed by atoms with Crippen molar-refractivity contribution in [3.63, 3.8) is 0 Å². The van der Waals surface area contributed by atoms with Gasteiger partial charge in [-0.25, -0.2) is 4.79 Å². The van der Waals surface area contributed by atoms with Gasteiger partial charge in [0.05, 0.1) is 5.92 Å². The first-order valence-corrected chi connectivity index (χ1v) is 9.07. The predicted molar refractivity (Wildman–Crippen MR) is 93.4 cm³/mol. The van der Waals surface area contributed by atoms with Crippen molar-refractivity contribution < 1.29 is 29.0 Å². The Morgan fingerprint density at radius 3 is 2.60 bits per heavy atom. The maximum atomic E-state index is 11.7. The van der Waals surface area contributed by atoms with E-state index in [0.717, 1.165) is 10.5 Å². The first kappa shape index (κ1) is 20.8. The summed E-state index contributed by atoms with van der Waals surface area (Å²) in [4.78, 5) is 35.2. The average Bonchev–Trinajstić information content (AvgIpc) is 2.58. The van der Waals surface area contributed by atoms with E-state index < -0.39 is 30.2 Å². The number of carbonyl (C=O) groups excluding carboxylic acids is 2. The predicted octanol–water partition coefficient (Wildman–Crippen LogP) is 2.68. The van der Waals surface area contributed by atoms with Gasteiger partial charge in [-0.1, -0.05) is 19.1 Å². The molecule has 0 aliphatic rings. The number of hydrogen-bond acceptors (Lipinski definition) is 6. The molecular weight excluding hydrogens is 346 g/mol. The number of rotatable bonds is 9. The molecule has 1 amide bonds. The molecule has 0 aliphatic carbocycles. The summed E-state index contributed by atoms with van der Waals surface area (Å²) in [5.74, 6) is -2.30. The smallest absolute Gasteiger partial charge is 0.410 e. The molecule has 1 rings (SSSR count). The number of ether oxygens (including phenoxy) is 2. The standard InChI is InChI=1S/C17H23NO6S/c1-4-15(19)23-11(2)24-17(22)18-10-13(16(20)21)8-12-6-5-7-14(9-12)25-3/h5-7,9,11,13H,4,8,10H2,1-3H3,(H,18,22)(H,20,21)/t11-,13+/m1/s1. The minimum Gasteiger partial charge on any atom is -0.481 e. The number of benzene rings is 1. The topological polar surface area (TPSA) is 102 Å². The minimum atomic E-state index is -1.03. The number of nitrogens with one attached hydrogen (secondary N) is 1. The molecule has 2 N–H and O–H groups in total. The van der Waals surface area contributed by atoms with Crippen molar-refractivity contribution in [3.05, 3.63) is 29.8 Å². The summed E-state index contributed by atoms with van der Waals surface area (Å²) in [5.41, 5.74) is 0.875. The van der Waals surface area contributed by atoms with E-state index in [4.69, 9.17) is 9.47 Å². The van der Waals surface area contributed by atoms with Crippen LogP contribution in [-0.4, -0.2) is 42.2 Å². The third kappa shape index (κ3) is 7.93. The van der Waals surface area contributed by atoms with E-state index in [-0.39, 0.29) is 19.4 Å². The second-order valence-electron chi connectivity index (χ2n) is 5.29. The second-order valence-corrected chi connectivity index (χ2v) is 6.17. The Hall–Kier alpha value is -2.22. The number of hydrogen-bond donors (Lipinski definition) is 2. The zero-order valence-corrected chi connectivity index (χ0v) is 15.3. The fraction of sp³-hybridized carbons (Fsp3) is 0.471. The molecule has 1 aromatic carbocycles. The number of carboxylic acid groups (broad SMARTS) is 1. The van der Waals surface area contributed by atoms with Crippen LogP contribution in [0.5, 0.6) is 0 Å². The fourth-order valence-electron chi connectivity index (χ4n) is 2.02. The molecule has 7 nitrogen and oxygen atoms in total. The maximum Gasteiger partial charge on any atom is 0.410 e. The van der Waals surface area contributed by atoms with Gasteiger partial charge in [0.2, 0.25) is 6.29 Å². The number of carbonyl (C=O) groups is 3. The summed E-state index contributed by atoms with van der Waals surface area (Å²) >= 11 is 1.57. The molecule has 0 aliphatic heterocycles. The molecule has 8 heteroatoms. The molecule has 0 aromatic heterocycles. The Morgan fingerprint density at radius 1 is 1.28 bits per heavy atom. The summed E-state index contributed by atoms with van der Waals surface area (Å²) < 4.78 is 9.66.